The van der Waals surface area contributed by atoms with Crippen molar-refractivity contribution in [2.24, 2.45) is 0 Å². The molecular weight excluding hydrogens is 346 g/mol. The van der Waals surface area contributed by atoms with Crippen LogP contribution in [0.1, 0.15) is 42.3 Å². The molecule has 0 atom stereocenters. The molecule has 0 fully saturated rings. The molecule has 0 amide bonds. The summed E-state index contributed by atoms with van der Waals surface area (Å²) in [6.45, 7) is 5.28. The van der Waals surface area contributed by atoms with Gasteiger partial charge in [-0.2, -0.15) is 0 Å². The Kier molecular flexibility index (Phi) is 5.67. The van der Waals surface area contributed by atoms with Crippen molar-refractivity contribution in [1.29, 1.82) is 0 Å². The minimum atomic E-state index is -3.81. The second-order valence-electron chi connectivity index (χ2n) is 5.46. The van der Waals surface area contributed by atoms with Crippen molar-refractivity contribution in [2.75, 3.05) is 4.72 Å². The molecular formula is C18H20ClNO3S. The van der Waals surface area contributed by atoms with Crippen molar-refractivity contribution >= 4 is 33.1 Å². The monoisotopic (exact) mass is 365 g/mol. The fourth-order valence-electron chi connectivity index (χ4n) is 2.51. The molecule has 0 radical (unpaired) electrons. The molecule has 2 aromatic carbocycles. The van der Waals surface area contributed by atoms with Gasteiger partial charge in [-0.3, -0.25) is 9.52 Å². The van der Waals surface area contributed by atoms with Crippen molar-refractivity contribution in [3.63, 3.8) is 0 Å². The summed E-state index contributed by atoms with van der Waals surface area (Å²) in [5.74, 6) is -0.182. The maximum absolute atomic E-state index is 12.8. The molecule has 0 heterocycles. The van der Waals surface area contributed by atoms with Crippen LogP contribution in [0.15, 0.2) is 41.3 Å². The van der Waals surface area contributed by atoms with Crippen LogP contribution >= 0.6 is 11.6 Å². The van der Waals surface area contributed by atoms with Crippen LogP contribution in [-0.4, -0.2) is 14.2 Å². The molecule has 6 heteroatoms. The third kappa shape index (κ3) is 3.79. The van der Waals surface area contributed by atoms with Gasteiger partial charge in [0.05, 0.1) is 10.6 Å². The van der Waals surface area contributed by atoms with Crippen molar-refractivity contribution in [1.82, 2.24) is 0 Å². The number of rotatable bonds is 6. The number of carbonyl (C=O) groups excluding carboxylic acids is 1. The highest BCUT2D eigenvalue weighted by molar-refractivity contribution is 7.92. The summed E-state index contributed by atoms with van der Waals surface area (Å²) in [6.07, 6.45) is 1.29. The van der Waals surface area contributed by atoms with Crippen LogP contribution in [-0.2, 0) is 22.9 Å². The van der Waals surface area contributed by atoms with E-state index in [2.05, 4.69) is 4.72 Å². The number of aryl methyl sites for hydroxylation is 1. The summed E-state index contributed by atoms with van der Waals surface area (Å²) in [4.78, 5) is 11.6. The number of hydrogen-bond donors (Lipinski definition) is 1. The summed E-state index contributed by atoms with van der Waals surface area (Å²) in [5.41, 5.74) is 2.53. The quantitative estimate of drug-likeness (QED) is 0.768. The van der Waals surface area contributed by atoms with Crippen LogP contribution in [0.4, 0.5) is 5.69 Å². The van der Waals surface area contributed by atoms with Gasteiger partial charge in [-0.25, -0.2) is 8.42 Å². The van der Waals surface area contributed by atoms with E-state index in [0.29, 0.717) is 29.1 Å². The number of hydrogen-bond acceptors (Lipinski definition) is 3. The van der Waals surface area contributed by atoms with E-state index in [4.69, 9.17) is 11.6 Å². The highest BCUT2D eigenvalue weighted by Gasteiger charge is 2.20. The van der Waals surface area contributed by atoms with Crippen LogP contribution in [0.2, 0.25) is 5.02 Å². The van der Waals surface area contributed by atoms with Crippen LogP contribution in [0.25, 0.3) is 0 Å². The van der Waals surface area contributed by atoms with E-state index in [9.17, 15) is 13.2 Å². The zero-order chi connectivity index (χ0) is 17.9. The van der Waals surface area contributed by atoms with Gasteiger partial charge in [-0.15, -0.1) is 0 Å². The Bertz CT molecular complexity index is 876. The molecule has 0 aliphatic rings. The predicted octanol–water partition coefficient (Wildman–Crippen LogP) is 4.47. The molecule has 0 saturated heterocycles. The van der Waals surface area contributed by atoms with E-state index in [-0.39, 0.29) is 10.7 Å². The maximum atomic E-state index is 12.8. The topological polar surface area (TPSA) is 63.2 Å². The first kappa shape index (κ1) is 18.5. The number of sulfonamides is 1. The van der Waals surface area contributed by atoms with Crippen LogP contribution in [0.3, 0.4) is 0 Å². The minimum Gasteiger partial charge on any atom is -0.295 e. The smallest absolute Gasteiger partial charge is 0.261 e. The fraction of sp³-hybridized carbons (Fsp3) is 0.278. The molecule has 0 saturated carbocycles. The lowest BCUT2D eigenvalue weighted by atomic mass is 10.0. The predicted molar refractivity (Wildman–Crippen MR) is 97.5 cm³/mol. The van der Waals surface area contributed by atoms with Crippen LogP contribution in [0.5, 0.6) is 0 Å². The largest absolute Gasteiger partial charge is 0.295 e. The number of halogens is 1. The van der Waals surface area contributed by atoms with Crippen molar-refractivity contribution < 1.29 is 13.2 Å². The Morgan fingerprint density at radius 2 is 1.83 bits per heavy atom. The molecule has 0 aromatic heterocycles. The number of ketones is 1. The first-order valence-corrected chi connectivity index (χ1v) is 9.60. The zero-order valence-corrected chi connectivity index (χ0v) is 15.5. The molecule has 4 nitrogen and oxygen atoms in total. The van der Waals surface area contributed by atoms with E-state index < -0.39 is 10.0 Å². The molecule has 0 aliphatic carbocycles. The van der Waals surface area contributed by atoms with Gasteiger partial charge >= 0.3 is 0 Å². The van der Waals surface area contributed by atoms with Gasteiger partial charge in [-0.05, 0) is 49.1 Å². The SMILES string of the molecule is CCc1ccc(Cl)c(CC)c1NS(=O)(=O)c1cccc(C(C)=O)c1. The summed E-state index contributed by atoms with van der Waals surface area (Å²) in [7, 11) is -3.81. The molecule has 1 N–H and O–H groups in total. The maximum Gasteiger partial charge on any atom is 0.261 e. The van der Waals surface area contributed by atoms with Crippen LogP contribution in [0, 0.1) is 0 Å². The van der Waals surface area contributed by atoms with Gasteiger partial charge < -0.3 is 0 Å². The number of nitrogens with one attached hydrogen (secondary N) is 1. The van der Waals surface area contributed by atoms with Crippen molar-refractivity contribution in [3.05, 3.63) is 58.1 Å². The summed E-state index contributed by atoms with van der Waals surface area (Å²) < 4.78 is 28.2. The average Bonchev–Trinajstić information content (AvgIpc) is 2.55. The molecule has 0 bridgehead atoms. The second kappa shape index (κ2) is 7.36. The number of anilines is 1. The average molecular weight is 366 g/mol. The first-order chi connectivity index (χ1) is 11.3. The third-order valence-electron chi connectivity index (χ3n) is 3.86. The molecule has 24 heavy (non-hydrogen) atoms. The van der Waals surface area contributed by atoms with E-state index in [0.717, 1.165) is 11.1 Å². The van der Waals surface area contributed by atoms with E-state index in [1.807, 2.05) is 19.9 Å². The van der Waals surface area contributed by atoms with Crippen molar-refractivity contribution in [2.45, 2.75) is 38.5 Å². The summed E-state index contributed by atoms with van der Waals surface area (Å²) in [6, 6.07) is 9.61. The van der Waals surface area contributed by atoms with Gasteiger partial charge in [0.15, 0.2) is 5.78 Å². The molecule has 128 valence electrons. The molecule has 0 spiro atoms. The molecule has 2 rings (SSSR count). The Morgan fingerprint density at radius 3 is 2.42 bits per heavy atom. The van der Waals surface area contributed by atoms with E-state index >= 15 is 0 Å². The normalized spacial score (nSPS) is 11.3. The van der Waals surface area contributed by atoms with Gasteiger partial charge in [0, 0.05) is 10.6 Å². The Labute approximate surface area is 147 Å². The standard InChI is InChI=1S/C18H20ClNO3S/c1-4-13-9-10-17(19)16(5-2)18(13)20-24(22,23)15-8-6-7-14(11-15)12(3)21/h6-11,20H,4-5H2,1-3H3. The Balaban J connectivity index is 2.52. The molecule has 0 aliphatic heterocycles. The summed E-state index contributed by atoms with van der Waals surface area (Å²) >= 11 is 6.22. The van der Waals surface area contributed by atoms with Gasteiger partial charge in [-0.1, -0.05) is 43.6 Å². The van der Waals surface area contributed by atoms with Gasteiger partial charge in [0.1, 0.15) is 0 Å². The van der Waals surface area contributed by atoms with Gasteiger partial charge in [0.2, 0.25) is 0 Å². The van der Waals surface area contributed by atoms with Gasteiger partial charge in [0.25, 0.3) is 10.0 Å². The molecule has 0 unspecified atom stereocenters. The summed E-state index contributed by atoms with van der Waals surface area (Å²) in [5, 5.41) is 0.532. The fourth-order valence-corrected chi connectivity index (χ4v) is 3.99. The number of Topliss-reactive ketones (excluding diaryl/α,β-unsaturated/α-hetero) is 1. The second-order valence-corrected chi connectivity index (χ2v) is 7.55. The first-order valence-electron chi connectivity index (χ1n) is 7.74. The lowest BCUT2D eigenvalue weighted by molar-refractivity contribution is 0.101. The van der Waals surface area contributed by atoms with E-state index in [1.54, 1.807) is 18.2 Å². The Hall–Kier alpha value is -1.85. The highest BCUT2D eigenvalue weighted by atomic mass is 35.5. The zero-order valence-electron chi connectivity index (χ0n) is 13.9. The van der Waals surface area contributed by atoms with Crippen molar-refractivity contribution in [3.8, 4) is 0 Å². The highest BCUT2D eigenvalue weighted by Crippen LogP contribution is 2.31. The lowest BCUT2D eigenvalue weighted by Crippen LogP contribution is -2.16. The lowest BCUT2D eigenvalue weighted by Gasteiger charge is -2.17. The third-order valence-corrected chi connectivity index (χ3v) is 5.57. The molecule has 2 aromatic rings. The minimum absolute atomic E-state index is 0.0549. The van der Waals surface area contributed by atoms with E-state index in [1.165, 1.54) is 19.1 Å². The van der Waals surface area contributed by atoms with Crippen LogP contribution < -0.4 is 4.72 Å². The Morgan fingerprint density at radius 1 is 1.12 bits per heavy atom. The number of benzene rings is 2. The number of carbonyl (C=O) groups is 1.